The summed E-state index contributed by atoms with van der Waals surface area (Å²) in [4.78, 5) is 5.02. The molecule has 1 aromatic heterocycles. The molecule has 1 fully saturated rings. The van der Waals surface area contributed by atoms with Gasteiger partial charge in [-0.15, -0.1) is 0 Å². The molecule has 0 unspecified atom stereocenters. The molecule has 0 N–H and O–H groups in total. The smallest absolute Gasteiger partial charge is 0.0705 e. The van der Waals surface area contributed by atoms with Crippen molar-refractivity contribution in [3.63, 3.8) is 0 Å². The lowest BCUT2D eigenvalue weighted by Crippen LogP contribution is -2.13. The molecule has 0 saturated heterocycles. The summed E-state index contributed by atoms with van der Waals surface area (Å²) in [5.41, 5.74) is 3.75. The van der Waals surface area contributed by atoms with Crippen LogP contribution in [0.25, 0.3) is 10.9 Å². The first kappa shape index (κ1) is 15.4. The minimum absolute atomic E-state index is 0.416. The van der Waals surface area contributed by atoms with Crippen molar-refractivity contribution in [2.24, 2.45) is 5.92 Å². The Morgan fingerprint density at radius 1 is 0.792 bits per heavy atom. The van der Waals surface area contributed by atoms with Crippen LogP contribution < -0.4 is 0 Å². The van der Waals surface area contributed by atoms with Crippen LogP contribution in [-0.2, 0) is 0 Å². The fraction of sp³-hybridized carbons (Fsp3) is 0.348. The molecule has 1 aliphatic carbocycles. The molecule has 1 aliphatic rings. The molecule has 0 bridgehead atoms. The van der Waals surface area contributed by atoms with Crippen molar-refractivity contribution < 1.29 is 0 Å². The maximum atomic E-state index is 5.02. The van der Waals surface area contributed by atoms with Crippen molar-refractivity contribution in [2.75, 3.05) is 0 Å². The Balaban J connectivity index is 1.70. The molecule has 24 heavy (non-hydrogen) atoms. The second kappa shape index (κ2) is 7.17. The Morgan fingerprint density at radius 2 is 1.54 bits per heavy atom. The van der Waals surface area contributed by atoms with E-state index in [2.05, 4.69) is 66.7 Å². The van der Waals surface area contributed by atoms with E-state index < -0.39 is 0 Å². The number of rotatable bonds is 4. The summed E-state index contributed by atoms with van der Waals surface area (Å²) < 4.78 is 0. The van der Waals surface area contributed by atoms with Crippen molar-refractivity contribution >= 4 is 10.9 Å². The van der Waals surface area contributed by atoms with Gasteiger partial charge in [-0.2, -0.15) is 0 Å². The summed E-state index contributed by atoms with van der Waals surface area (Å²) in [5.74, 6) is 1.26. The van der Waals surface area contributed by atoms with Crippen LogP contribution in [0.4, 0.5) is 0 Å². The van der Waals surface area contributed by atoms with Gasteiger partial charge in [0.1, 0.15) is 0 Å². The van der Waals surface area contributed by atoms with E-state index in [9.17, 15) is 0 Å². The molecule has 1 nitrogen and oxygen atoms in total. The van der Waals surface area contributed by atoms with E-state index in [4.69, 9.17) is 4.98 Å². The molecule has 122 valence electrons. The van der Waals surface area contributed by atoms with Crippen molar-refractivity contribution in [1.29, 1.82) is 0 Å². The molecule has 3 aromatic rings. The highest BCUT2D eigenvalue weighted by Gasteiger charge is 2.22. The zero-order chi connectivity index (χ0) is 16.2. The van der Waals surface area contributed by atoms with Crippen LogP contribution in [0.5, 0.6) is 0 Å². The fourth-order valence-electron chi connectivity index (χ4n) is 4.14. The number of para-hydroxylation sites is 1. The average Bonchev–Trinajstić information content (AvgIpc) is 2.67. The van der Waals surface area contributed by atoms with Gasteiger partial charge in [-0.05, 0) is 30.0 Å². The highest BCUT2D eigenvalue weighted by Crippen LogP contribution is 2.36. The molecule has 0 aliphatic heterocycles. The van der Waals surface area contributed by atoms with Crippen molar-refractivity contribution in [1.82, 2.24) is 4.98 Å². The lowest BCUT2D eigenvalue weighted by atomic mass is 9.79. The summed E-state index contributed by atoms with van der Waals surface area (Å²) in [5, 5.41) is 1.23. The van der Waals surface area contributed by atoms with Crippen LogP contribution in [0.15, 0.2) is 66.7 Å². The third-order valence-electron chi connectivity index (χ3n) is 5.47. The predicted molar refractivity (Wildman–Crippen MR) is 101 cm³/mol. The van der Waals surface area contributed by atoms with Crippen molar-refractivity contribution in [2.45, 2.75) is 44.4 Å². The molecule has 2 aromatic carbocycles. The number of pyridine rings is 1. The molecule has 1 saturated carbocycles. The van der Waals surface area contributed by atoms with E-state index >= 15 is 0 Å². The third-order valence-corrected chi connectivity index (χ3v) is 5.47. The Labute approximate surface area is 144 Å². The van der Waals surface area contributed by atoms with E-state index in [0.717, 1.165) is 11.4 Å². The summed E-state index contributed by atoms with van der Waals surface area (Å²) in [6.45, 7) is 0. The quantitative estimate of drug-likeness (QED) is 0.547. The van der Waals surface area contributed by atoms with Gasteiger partial charge in [0.2, 0.25) is 0 Å². The van der Waals surface area contributed by atoms with E-state index in [1.165, 1.54) is 55.2 Å². The van der Waals surface area contributed by atoms with Gasteiger partial charge in [0.05, 0.1) is 5.52 Å². The highest BCUT2D eigenvalue weighted by atomic mass is 14.7. The number of hydrogen-bond donors (Lipinski definition) is 0. The van der Waals surface area contributed by atoms with Gasteiger partial charge < -0.3 is 0 Å². The number of fused-ring (bicyclic) bond motifs is 1. The summed E-state index contributed by atoms with van der Waals surface area (Å²) in [6.07, 6.45) is 8.22. The van der Waals surface area contributed by atoms with Gasteiger partial charge in [0, 0.05) is 17.0 Å². The van der Waals surface area contributed by atoms with Crippen LogP contribution in [0.2, 0.25) is 0 Å². The Hall–Kier alpha value is -2.15. The lowest BCUT2D eigenvalue weighted by Gasteiger charge is -2.27. The van der Waals surface area contributed by atoms with Crippen LogP contribution >= 0.6 is 0 Å². The van der Waals surface area contributed by atoms with Crippen molar-refractivity contribution in [3.8, 4) is 0 Å². The van der Waals surface area contributed by atoms with Gasteiger partial charge in [-0.25, -0.2) is 0 Å². The maximum Gasteiger partial charge on any atom is 0.0705 e. The highest BCUT2D eigenvalue weighted by molar-refractivity contribution is 5.78. The van der Waals surface area contributed by atoms with Gasteiger partial charge >= 0.3 is 0 Å². The monoisotopic (exact) mass is 315 g/mol. The average molecular weight is 315 g/mol. The first-order valence-electron chi connectivity index (χ1n) is 9.31. The number of nitrogens with zero attached hydrogens (tertiary/aromatic N) is 1. The second-order valence-corrected chi connectivity index (χ2v) is 7.13. The summed E-state index contributed by atoms with van der Waals surface area (Å²) >= 11 is 0. The molecule has 4 rings (SSSR count). The SMILES string of the molecule is c1ccc([C@H](CC2CCCCC2)c2ccc3ccccc3n2)cc1. The van der Waals surface area contributed by atoms with E-state index in [-0.39, 0.29) is 0 Å². The van der Waals surface area contributed by atoms with Crippen LogP contribution in [0.1, 0.15) is 55.7 Å². The normalized spacial score (nSPS) is 17.0. The number of benzene rings is 2. The molecule has 1 heterocycles. The lowest BCUT2D eigenvalue weighted by molar-refractivity contribution is 0.326. The van der Waals surface area contributed by atoms with Gasteiger partial charge in [-0.1, -0.05) is 86.7 Å². The zero-order valence-electron chi connectivity index (χ0n) is 14.2. The van der Waals surface area contributed by atoms with Gasteiger partial charge in [0.25, 0.3) is 0 Å². The standard InChI is InChI=1S/C23H25N/c1-3-9-18(10-4-1)17-21(19-11-5-2-6-12-19)23-16-15-20-13-7-8-14-22(20)24-23/h2,5-8,11-16,18,21H,1,3-4,9-10,17H2/t21-/m0/s1. The third kappa shape index (κ3) is 3.36. The van der Waals surface area contributed by atoms with E-state index in [1.807, 2.05) is 0 Å². The summed E-state index contributed by atoms with van der Waals surface area (Å²) in [7, 11) is 0. The first-order chi connectivity index (χ1) is 11.9. The Bertz CT molecular complexity index is 787. The van der Waals surface area contributed by atoms with Gasteiger partial charge in [0.15, 0.2) is 0 Å². The number of aromatic nitrogens is 1. The van der Waals surface area contributed by atoms with E-state index in [0.29, 0.717) is 5.92 Å². The molecular weight excluding hydrogens is 290 g/mol. The molecule has 0 amide bonds. The minimum Gasteiger partial charge on any atom is -0.252 e. The topological polar surface area (TPSA) is 12.9 Å². The van der Waals surface area contributed by atoms with Crippen LogP contribution in [0.3, 0.4) is 0 Å². The largest absolute Gasteiger partial charge is 0.252 e. The molecule has 1 heteroatoms. The molecule has 0 radical (unpaired) electrons. The van der Waals surface area contributed by atoms with Crippen molar-refractivity contribution in [3.05, 3.63) is 78.0 Å². The minimum atomic E-state index is 0.416. The zero-order valence-corrected chi connectivity index (χ0v) is 14.2. The first-order valence-corrected chi connectivity index (χ1v) is 9.31. The van der Waals surface area contributed by atoms with E-state index in [1.54, 1.807) is 0 Å². The molecule has 1 atom stereocenters. The maximum absolute atomic E-state index is 5.02. The molecule has 0 spiro atoms. The van der Waals surface area contributed by atoms with Crippen LogP contribution in [0, 0.1) is 5.92 Å². The number of hydrogen-bond acceptors (Lipinski definition) is 1. The Kier molecular flexibility index (Phi) is 4.60. The summed E-state index contributed by atoms with van der Waals surface area (Å²) in [6, 6.07) is 23.9. The molecular formula is C23H25N. The van der Waals surface area contributed by atoms with Crippen LogP contribution in [-0.4, -0.2) is 4.98 Å². The van der Waals surface area contributed by atoms with Gasteiger partial charge in [-0.3, -0.25) is 4.98 Å². The second-order valence-electron chi connectivity index (χ2n) is 7.13. The fourth-order valence-corrected chi connectivity index (χ4v) is 4.14. The Morgan fingerprint density at radius 3 is 2.38 bits per heavy atom. The predicted octanol–water partition coefficient (Wildman–Crippen LogP) is 6.34.